The highest BCUT2D eigenvalue weighted by atomic mass is 79.9. The Morgan fingerprint density at radius 3 is 2.57 bits per heavy atom. The number of nitrogens with one attached hydrogen (secondary N) is 1. The predicted octanol–water partition coefficient (Wildman–Crippen LogP) is 3.67. The van der Waals surface area contributed by atoms with E-state index in [4.69, 9.17) is 15.9 Å². The van der Waals surface area contributed by atoms with Crippen LogP contribution in [0, 0.1) is 22.7 Å². The Kier molecular flexibility index (Phi) is 3.40. The Hall–Kier alpha value is -2.32. The minimum absolute atomic E-state index is 0.0384. The molecular weight excluding hydrogens is 330 g/mol. The van der Waals surface area contributed by atoms with E-state index in [1.165, 1.54) is 0 Å². The number of fused-ring (bicyclic) bond motifs is 1. The van der Waals surface area contributed by atoms with Gasteiger partial charge in [-0.1, -0.05) is 34.1 Å². The Morgan fingerprint density at radius 1 is 1.19 bits per heavy atom. The van der Waals surface area contributed by atoms with Gasteiger partial charge in [0.1, 0.15) is 11.7 Å². The zero-order chi connectivity index (χ0) is 15.0. The molecule has 1 heterocycles. The second-order valence-electron chi connectivity index (χ2n) is 4.90. The van der Waals surface area contributed by atoms with Crippen molar-refractivity contribution in [2.24, 2.45) is 5.92 Å². The monoisotopic (exact) mass is 341 g/mol. The quantitative estimate of drug-likeness (QED) is 0.776. The smallest absolute Gasteiger partial charge is 0.205 e. The van der Waals surface area contributed by atoms with Crippen molar-refractivity contribution in [3.63, 3.8) is 0 Å². The van der Waals surface area contributed by atoms with E-state index in [2.05, 4.69) is 22.0 Å². The summed E-state index contributed by atoms with van der Waals surface area (Å²) in [5, 5.41) is 17.4. The average molecular weight is 342 g/mol. The molecule has 2 aromatic carbocycles. The molecule has 2 atom stereocenters. The van der Waals surface area contributed by atoms with Gasteiger partial charge in [-0.3, -0.25) is 5.41 Å². The molecule has 0 saturated carbocycles. The molecule has 2 aromatic rings. The van der Waals surface area contributed by atoms with Gasteiger partial charge >= 0.3 is 0 Å². The van der Waals surface area contributed by atoms with E-state index in [1.54, 1.807) is 12.1 Å². The number of nitrogen functional groups attached to an aromatic ring is 1. The van der Waals surface area contributed by atoms with Crippen molar-refractivity contribution in [2.45, 2.75) is 5.92 Å². The summed E-state index contributed by atoms with van der Waals surface area (Å²) in [6, 6.07) is 15.3. The lowest BCUT2D eigenvalue weighted by molar-refractivity contribution is 0.451. The third kappa shape index (κ3) is 2.39. The number of nitrogens with two attached hydrogens (primary N) is 1. The molecule has 1 aliphatic heterocycles. The van der Waals surface area contributed by atoms with E-state index < -0.39 is 5.92 Å². The summed E-state index contributed by atoms with van der Waals surface area (Å²) in [5.41, 5.74) is 8.21. The Labute approximate surface area is 130 Å². The SMILES string of the molecule is N#CC1C(=N)Oc2cc(N)ccc2C1c1ccc(Br)cc1. The fourth-order valence-electron chi connectivity index (χ4n) is 2.58. The van der Waals surface area contributed by atoms with Crippen LogP contribution in [-0.2, 0) is 0 Å². The van der Waals surface area contributed by atoms with E-state index in [0.717, 1.165) is 15.6 Å². The Balaban J connectivity index is 2.18. The lowest BCUT2D eigenvalue weighted by Gasteiger charge is -2.30. The lowest BCUT2D eigenvalue weighted by atomic mass is 9.79. The molecule has 4 nitrogen and oxygen atoms in total. The van der Waals surface area contributed by atoms with E-state index in [-0.39, 0.29) is 11.8 Å². The third-order valence-electron chi connectivity index (χ3n) is 3.58. The summed E-state index contributed by atoms with van der Waals surface area (Å²) in [5.74, 6) is -0.342. The summed E-state index contributed by atoms with van der Waals surface area (Å²) in [4.78, 5) is 0. The molecule has 0 fully saturated rings. The molecule has 0 amide bonds. The van der Waals surface area contributed by atoms with Gasteiger partial charge in [-0.15, -0.1) is 0 Å². The number of halogens is 1. The fourth-order valence-corrected chi connectivity index (χ4v) is 2.85. The van der Waals surface area contributed by atoms with E-state index >= 15 is 0 Å². The standard InChI is InChI=1S/C16H12BrN3O/c17-10-3-1-9(2-4-10)15-12-6-5-11(19)7-14(12)21-16(20)13(15)8-18/h1-7,13,15,20H,19H2. The van der Waals surface area contributed by atoms with Crippen molar-refractivity contribution in [2.75, 3.05) is 5.73 Å². The number of hydrogen-bond acceptors (Lipinski definition) is 4. The molecule has 21 heavy (non-hydrogen) atoms. The van der Waals surface area contributed by atoms with Crippen LogP contribution in [0.5, 0.6) is 5.75 Å². The molecule has 3 rings (SSSR count). The minimum Gasteiger partial charge on any atom is -0.442 e. The predicted molar refractivity (Wildman–Crippen MR) is 84.3 cm³/mol. The van der Waals surface area contributed by atoms with Crippen molar-refractivity contribution in [1.29, 1.82) is 10.7 Å². The minimum atomic E-state index is -0.637. The van der Waals surface area contributed by atoms with Gasteiger partial charge in [0.25, 0.3) is 0 Å². The second-order valence-corrected chi connectivity index (χ2v) is 5.82. The number of anilines is 1. The Morgan fingerprint density at radius 2 is 1.90 bits per heavy atom. The van der Waals surface area contributed by atoms with Crippen molar-refractivity contribution >= 4 is 27.5 Å². The van der Waals surface area contributed by atoms with Crippen LogP contribution >= 0.6 is 15.9 Å². The molecule has 0 aromatic heterocycles. The van der Waals surface area contributed by atoms with Gasteiger partial charge in [0.2, 0.25) is 5.90 Å². The second kappa shape index (κ2) is 5.23. The number of ether oxygens (including phenoxy) is 1. The van der Waals surface area contributed by atoms with Gasteiger partial charge in [-0.05, 0) is 23.8 Å². The van der Waals surface area contributed by atoms with Gasteiger partial charge in [-0.25, -0.2) is 0 Å². The third-order valence-corrected chi connectivity index (χ3v) is 4.11. The maximum absolute atomic E-state index is 9.42. The summed E-state index contributed by atoms with van der Waals surface area (Å²) < 4.78 is 6.43. The molecular formula is C16H12BrN3O. The van der Waals surface area contributed by atoms with Crippen LogP contribution in [0.2, 0.25) is 0 Å². The summed E-state index contributed by atoms with van der Waals surface area (Å²) in [6.07, 6.45) is 0. The van der Waals surface area contributed by atoms with Crippen molar-refractivity contribution in [3.05, 3.63) is 58.1 Å². The normalized spacial score (nSPS) is 20.3. The number of nitrogens with zero attached hydrogens (tertiary/aromatic N) is 1. The van der Waals surface area contributed by atoms with Crippen molar-refractivity contribution < 1.29 is 4.74 Å². The number of hydrogen-bond donors (Lipinski definition) is 2. The number of nitriles is 1. The molecule has 2 unspecified atom stereocenters. The van der Waals surface area contributed by atoms with Gasteiger partial charge in [0.05, 0.1) is 6.07 Å². The number of rotatable bonds is 1. The van der Waals surface area contributed by atoms with Crippen LogP contribution in [0.15, 0.2) is 46.9 Å². The van der Waals surface area contributed by atoms with Gasteiger partial charge in [-0.2, -0.15) is 5.26 Å². The van der Waals surface area contributed by atoms with Crippen molar-refractivity contribution in [1.82, 2.24) is 0 Å². The molecule has 0 bridgehead atoms. The van der Waals surface area contributed by atoms with Crippen LogP contribution in [0.4, 0.5) is 5.69 Å². The summed E-state index contributed by atoms with van der Waals surface area (Å²) >= 11 is 3.41. The molecule has 0 aliphatic carbocycles. The average Bonchev–Trinajstić information content (AvgIpc) is 2.46. The van der Waals surface area contributed by atoms with Gasteiger partial charge < -0.3 is 10.5 Å². The first-order chi connectivity index (χ1) is 10.1. The van der Waals surface area contributed by atoms with Gasteiger partial charge in [0.15, 0.2) is 0 Å². The van der Waals surface area contributed by atoms with E-state index in [0.29, 0.717) is 11.4 Å². The Bertz CT molecular complexity index is 749. The van der Waals surface area contributed by atoms with Crippen LogP contribution in [0.25, 0.3) is 0 Å². The highest BCUT2D eigenvalue weighted by Crippen LogP contribution is 2.42. The van der Waals surface area contributed by atoms with Crippen LogP contribution in [-0.4, -0.2) is 5.90 Å². The fraction of sp³-hybridized carbons (Fsp3) is 0.125. The van der Waals surface area contributed by atoms with Crippen LogP contribution in [0.3, 0.4) is 0 Å². The zero-order valence-corrected chi connectivity index (χ0v) is 12.6. The molecule has 3 N–H and O–H groups in total. The van der Waals surface area contributed by atoms with E-state index in [9.17, 15) is 5.26 Å². The molecule has 0 radical (unpaired) electrons. The number of benzene rings is 2. The molecule has 0 spiro atoms. The first kappa shape index (κ1) is 13.7. The molecule has 5 heteroatoms. The van der Waals surface area contributed by atoms with Crippen molar-refractivity contribution in [3.8, 4) is 11.8 Å². The zero-order valence-electron chi connectivity index (χ0n) is 11.0. The van der Waals surface area contributed by atoms with Gasteiger partial charge in [0, 0.05) is 27.7 Å². The first-order valence-electron chi connectivity index (χ1n) is 6.41. The maximum atomic E-state index is 9.42. The first-order valence-corrected chi connectivity index (χ1v) is 7.20. The topological polar surface area (TPSA) is 82.9 Å². The maximum Gasteiger partial charge on any atom is 0.205 e. The summed E-state index contributed by atoms with van der Waals surface area (Å²) in [6.45, 7) is 0. The molecule has 1 aliphatic rings. The molecule has 0 saturated heterocycles. The van der Waals surface area contributed by atoms with Crippen LogP contribution in [0.1, 0.15) is 17.0 Å². The molecule has 104 valence electrons. The highest BCUT2D eigenvalue weighted by Gasteiger charge is 2.36. The lowest BCUT2D eigenvalue weighted by Crippen LogP contribution is -2.30. The van der Waals surface area contributed by atoms with Crippen LogP contribution < -0.4 is 10.5 Å². The summed E-state index contributed by atoms with van der Waals surface area (Å²) in [7, 11) is 0. The largest absolute Gasteiger partial charge is 0.442 e. The van der Waals surface area contributed by atoms with E-state index in [1.807, 2.05) is 30.3 Å². The highest BCUT2D eigenvalue weighted by molar-refractivity contribution is 9.10.